The lowest BCUT2D eigenvalue weighted by Gasteiger charge is -1.90. The van der Waals surface area contributed by atoms with Gasteiger partial charge in [-0.1, -0.05) is 18.5 Å². The molecular weight excluding hydrogens is 198 g/mol. The van der Waals surface area contributed by atoms with Crippen molar-refractivity contribution < 1.29 is 4.79 Å². The summed E-state index contributed by atoms with van der Waals surface area (Å²) in [6.07, 6.45) is 1.23. The van der Waals surface area contributed by atoms with Gasteiger partial charge in [0, 0.05) is 6.42 Å². The number of hydrogen-bond acceptors (Lipinski definition) is 3. The standard InChI is InChI=1S/C6H7ClN3OS/c1-2-3-4(11)8-6-10-9-5(7)12-6/h2-3H2,1H3. The molecule has 0 aromatic heterocycles. The zero-order chi connectivity index (χ0) is 8.97. The van der Waals surface area contributed by atoms with Gasteiger partial charge in [0.1, 0.15) is 0 Å². The Morgan fingerprint density at radius 3 is 3.00 bits per heavy atom. The molecule has 0 unspecified atom stereocenters. The van der Waals surface area contributed by atoms with Crippen LogP contribution < -0.4 is 5.43 Å². The highest BCUT2D eigenvalue weighted by Crippen LogP contribution is 2.16. The van der Waals surface area contributed by atoms with Crippen molar-refractivity contribution in [2.24, 2.45) is 10.1 Å². The van der Waals surface area contributed by atoms with Crippen LogP contribution in [0.15, 0.2) is 10.1 Å². The number of aliphatic imine (C=N–C) groups is 1. The van der Waals surface area contributed by atoms with Crippen LogP contribution in [0, 0.1) is 0 Å². The predicted molar refractivity (Wildman–Crippen MR) is 50.4 cm³/mol. The molecule has 0 fully saturated rings. The molecule has 0 aliphatic carbocycles. The van der Waals surface area contributed by atoms with Crippen LogP contribution in [0.1, 0.15) is 19.8 Å². The van der Waals surface area contributed by atoms with Crippen molar-refractivity contribution in [2.45, 2.75) is 19.8 Å². The molecule has 65 valence electrons. The molecule has 12 heavy (non-hydrogen) atoms. The van der Waals surface area contributed by atoms with Gasteiger partial charge in [0.15, 0.2) is 4.50 Å². The topological polar surface area (TPSA) is 55.9 Å². The third kappa shape index (κ3) is 2.83. The molecule has 0 bridgehead atoms. The molecule has 0 N–H and O–H groups in total. The molecule has 0 atom stereocenters. The third-order valence-electron chi connectivity index (χ3n) is 1.07. The van der Waals surface area contributed by atoms with E-state index in [1.54, 1.807) is 0 Å². The second-order valence-electron chi connectivity index (χ2n) is 2.09. The van der Waals surface area contributed by atoms with Gasteiger partial charge in [-0.05, 0) is 18.2 Å². The van der Waals surface area contributed by atoms with Crippen molar-refractivity contribution in [1.82, 2.24) is 5.43 Å². The fourth-order valence-electron chi connectivity index (χ4n) is 0.620. The summed E-state index contributed by atoms with van der Waals surface area (Å²) in [7, 11) is 0. The number of rotatable bonds is 2. The molecule has 0 saturated heterocycles. The van der Waals surface area contributed by atoms with E-state index in [-0.39, 0.29) is 5.91 Å². The minimum absolute atomic E-state index is 0.176. The van der Waals surface area contributed by atoms with Gasteiger partial charge in [-0.3, -0.25) is 4.79 Å². The average molecular weight is 205 g/mol. The Morgan fingerprint density at radius 2 is 2.50 bits per heavy atom. The van der Waals surface area contributed by atoms with E-state index in [4.69, 9.17) is 11.6 Å². The molecule has 0 aromatic carbocycles. The summed E-state index contributed by atoms with van der Waals surface area (Å²) in [6, 6.07) is 0. The van der Waals surface area contributed by atoms with Crippen LogP contribution in [0.3, 0.4) is 0 Å². The maximum atomic E-state index is 11.0. The Kier molecular flexibility index (Phi) is 3.55. The molecule has 1 aliphatic heterocycles. The molecule has 1 radical (unpaired) electrons. The molecule has 0 spiro atoms. The van der Waals surface area contributed by atoms with Crippen LogP contribution in [-0.4, -0.2) is 15.6 Å². The number of halogens is 1. The Balaban J connectivity index is 2.44. The average Bonchev–Trinajstić information content (AvgIpc) is 2.36. The number of nitrogens with zero attached hydrogens (tertiary/aromatic N) is 3. The van der Waals surface area contributed by atoms with Crippen LogP contribution in [0.4, 0.5) is 0 Å². The highest BCUT2D eigenvalue weighted by molar-refractivity contribution is 8.29. The molecular formula is C6H7ClN3OS. The number of amides is 1. The fraction of sp³-hybridized carbons (Fsp3) is 0.500. The maximum Gasteiger partial charge on any atom is 0.248 e. The molecule has 0 saturated carbocycles. The summed E-state index contributed by atoms with van der Waals surface area (Å²) in [5.41, 5.74) is 3.59. The van der Waals surface area contributed by atoms with Crippen LogP contribution in [0.2, 0.25) is 0 Å². The van der Waals surface area contributed by atoms with Crippen molar-refractivity contribution in [2.75, 3.05) is 0 Å². The SMILES string of the molecule is CCCC(=O)N=C1[N]N=C(Cl)S1. The zero-order valence-electron chi connectivity index (χ0n) is 6.45. The third-order valence-corrected chi connectivity index (χ3v) is 1.99. The van der Waals surface area contributed by atoms with Gasteiger partial charge >= 0.3 is 0 Å². The first kappa shape index (κ1) is 9.54. The van der Waals surface area contributed by atoms with E-state index in [1.165, 1.54) is 0 Å². The molecule has 1 rings (SSSR count). The van der Waals surface area contributed by atoms with Gasteiger partial charge in [-0.15, -0.1) is 10.5 Å². The number of carbonyl (C=O) groups excluding carboxylic acids is 1. The largest absolute Gasteiger partial charge is 0.273 e. The Bertz CT molecular complexity index is 251. The van der Waals surface area contributed by atoms with Gasteiger partial charge in [0.05, 0.1) is 0 Å². The monoisotopic (exact) mass is 204 g/mol. The number of hydrogen-bond donors (Lipinski definition) is 0. The summed E-state index contributed by atoms with van der Waals surface area (Å²) in [5, 5.41) is 3.85. The van der Waals surface area contributed by atoms with Gasteiger partial charge in [0.2, 0.25) is 11.1 Å². The van der Waals surface area contributed by atoms with Crippen molar-refractivity contribution in [3.63, 3.8) is 0 Å². The van der Waals surface area contributed by atoms with Crippen LogP contribution in [0.25, 0.3) is 0 Å². The van der Waals surface area contributed by atoms with Crippen LogP contribution >= 0.6 is 23.4 Å². The lowest BCUT2D eigenvalue weighted by atomic mass is 10.3. The summed E-state index contributed by atoms with van der Waals surface area (Å²) < 4.78 is 0.304. The first-order valence-corrected chi connectivity index (χ1v) is 4.65. The van der Waals surface area contributed by atoms with Crippen molar-refractivity contribution in [3.8, 4) is 0 Å². The number of amidine groups is 1. The summed E-state index contributed by atoms with van der Waals surface area (Å²) in [6.45, 7) is 1.92. The first-order chi connectivity index (χ1) is 5.72. The van der Waals surface area contributed by atoms with Crippen molar-refractivity contribution in [1.29, 1.82) is 0 Å². The van der Waals surface area contributed by atoms with Gasteiger partial charge in [-0.2, -0.15) is 4.99 Å². The lowest BCUT2D eigenvalue weighted by Crippen LogP contribution is -2.03. The van der Waals surface area contributed by atoms with E-state index >= 15 is 0 Å². The lowest BCUT2D eigenvalue weighted by molar-refractivity contribution is -0.117. The van der Waals surface area contributed by atoms with E-state index in [0.29, 0.717) is 16.1 Å². The highest BCUT2D eigenvalue weighted by atomic mass is 35.5. The fourth-order valence-corrected chi connectivity index (χ4v) is 1.33. The van der Waals surface area contributed by atoms with E-state index in [0.717, 1.165) is 18.2 Å². The van der Waals surface area contributed by atoms with Gasteiger partial charge < -0.3 is 0 Å². The number of carbonyl (C=O) groups is 1. The quantitative estimate of drug-likeness (QED) is 0.685. The number of thioether (sulfide) groups is 1. The molecule has 1 amide bonds. The zero-order valence-corrected chi connectivity index (χ0v) is 8.02. The summed E-state index contributed by atoms with van der Waals surface area (Å²) in [5.74, 6) is -0.176. The van der Waals surface area contributed by atoms with Crippen molar-refractivity contribution >= 4 is 38.9 Å². The summed E-state index contributed by atoms with van der Waals surface area (Å²) in [4.78, 5) is 14.6. The maximum absolute atomic E-state index is 11.0. The molecule has 4 nitrogen and oxygen atoms in total. The summed E-state index contributed by atoms with van der Waals surface area (Å²) >= 11 is 6.59. The normalized spacial score (nSPS) is 19.2. The van der Waals surface area contributed by atoms with Crippen LogP contribution in [-0.2, 0) is 4.79 Å². The molecule has 1 aliphatic rings. The van der Waals surface area contributed by atoms with E-state index < -0.39 is 0 Å². The van der Waals surface area contributed by atoms with E-state index in [9.17, 15) is 4.79 Å². The Labute approximate surface area is 79.5 Å². The first-order valence-electron chi connectivity index (χ1n) is 3.46. The Morgan fingerprint density at radius 1 is 1.75 bits per heavy atom. The molecule has 0 aromatic rings. The van der Waals surface area contributed by atoms with Gasteiger partial charge in [0.25, 0.3) is 0 Å². The second kappa shape index (κ2) is 4.47. The highest BCUT2D eigenvalue weighted by Gasteiger charge is 2.15. The van der Waals surface area contributed by atoms with Crippen molar-refractivity contribution in [3.05, 3.63) is 0 Å². The van der Waals surface area contributed by atoms with Crippen LogP contribution in [0.5, 0.6) is 0 Å². The van der Waals surface area contributed by atoms with E-state index in [1.807, 2.05) is 6.92 Å². The molecule has 1 heterocycles. The molecule has 6 heteroatoms. The Hall–Kier alpha value is -0.550. The predicted octanol–water partition coefficient (Wildman–Crippen LogP) is 1.53. The minimum Gasteiger partial charge on any atom is -0.273 e. The second-order valence-corrected chi connectivity index (χ2v) is 3.63. The van der Waals surface area contributed by atoms with E-state index in [2.05, 4.69) is 15.5 Å². The minimum atomic E-state index is -0.176. The smallest absolute Gasteiger partial charge is 0.248 e. The van der Waals surface area contributed by atoms with Gasteiger partial charge in [-0.25, -0.2) is 0 Å².